The molecule has 2 unspecified atom stereocenters. The maximum atomic E-state index is 12.5. The lowest BCUT2D eigenvalue weighted by Crippen LogP contribution is -2.44. The molecule has 1 fully saturated rings. The Labute approximate surface area is 171 Å². The second kappa shape index (κ2) is 10.5. The van der Waals surface area contributed by atoms with Crippen LogP contribution in [-0.4, -0.2) is 54.2 Å². The van der Waals surface area contributed by atoms with E-state index in [0.29, 0.717) is 35.4 Å². The van der Waals surface area contributed by atoms with Crippen LogP contribution >= 0.6 is 11.8 Å². The molecule has 7 heteroatoms. The van der Waals surface area contributed by atoms with Crippen LogP contribution in [0.4, 0.5) is 0 Å². The molecule has 0 radical (unpaired) electrons. The van der Waals surface area contributed by atoms with Crippen molar-refractivity contribution >= 4 is 29.5 Å². The average molecular weight is 407 g/mol. The molecular formula is C21H30N2O4S. The monoisotopic (exact) mass is 406 g/mol. The van der Waals surface area contributed by atoms with Gasteiger partial charge in [-0.15, -0.1) is 11.8 Å². The van der Waals surface area contributed by atoms with E-state index in [1.807, 2.05) is 13.8 Å². The van der Waals surface area contributed by atoms with Gasteiger partial charge in [-0.25, -0.2) is 4.79 Å². The number of benzene rings is 1. The minimum Gasteiger partial charge on any atom is -0.452 e. The first-order chi connectivity index (χ1) is 13.3. The van der Waals surface area contributed by atoms with E-state index in [1.54, 1.807) is 29.2 Å². The molecule has 0 bridgehead atoms. The number of nitrogens with zero attached hydrogens (tertiary/aromatic N) is 1. The minimum atomic E-state index is -0.543. The molecule has 1 aromatic carbocycles. The summed E-state index contributed by atoms with van der Waals surface area (Å²) in [5, 5.41) is 2.82. The second-order valence-electron chi connectivity index (χ2n) is 7.83. The Morgan fingerprint density at radius 2 is 1.82 bits per heavy atom. The Balaban J connectivity index is 1.91. The van der Waals surface area contributed by atoms with E-state index in [1.165, 1.54) is 11.8 Å². The Hall–Kier alpha value is -2.02. The molecule has 1 aromatic rings. The summed E-state index contributed by atoms with van der Waals surface area (Å²) in [5.74, 6) is 0.332. The van der Waals surface area contributed by atoms with Crippen LogP contribution in [0, 0.1) is 11.8 Å². The van der Waals surface area contributed by atoms with Crippen molar-refractivity contribution in [2.75, 3.05) is 25.4 Å². The quantitative estimate of drug-likeness (QED) is 0.557. The lowest BCUT2D eigenvalue weighted by molar-refractivity contribution is -0.137. The normalized spacial score (nSPS) is 19.4. The van der Waals surface area contributed by atoms with Crippen molar-refractivity contribution in [2.24, 2.45) is 11.8 Å². The molecule has 0 aromatic heterocycles. The van der Waals surface area contributed by atoms with Gasteiger partial charge in [0, 0.05) is 24.0 Å². The number of thioether (sulfide) groups is 1. The van der Waals surface area contributed by atoms with E-state index >= 15 is 0 Å². The Kier molecular flexibility index (Phi) is 8.35. The number of carbonyl (C=O) groups excluding carboxylic acids is 3. The van der Waals surface area contributed by atoms with Gasteiger partial charge in [0.2, 0.25) is 5.91 Å². The number of carbonyl (C=O) groups is 3. The number of esters is 1. The molecule has 6 nitrogen and oxygen atoms in total. The van der Waals surface area contributed by atoms with E-state index in [9.17, 15) is 14.4 Å². The van der Waals surface area contributed by atoms with Gasteiger partial charge in [-0.3, -0.25) is 9.59 Å². The molecule has 1 aliphatic rings. The third-order valence-electron chi connectivity index (χ3n) is 4.46. The zero-order chi connectivity index (χ0) is 20.7. The highest BCUT2D eigenvalue weighted by Gasteiger charge is 2.26. The zero-order valence-corrected chi connectivity index (χ0v) is 17.9. The van der Waals surface area contributed by atoms with Gasteiger partial charge in [0.1, 0.15) is 0 Å². The highest BCUT2D eigenvalue weighted by Crippen LogP contribution is 2.24. The molecule has 154 valence electrons. The third-order valence-corrected chi connectivity index (χ3v) is 5.54. The number of likely N-dealkylation sites (tertiary alicyclic amines) is 1. The number of hydrogen-bond donors (Lipinski definition) is 1. The molecule has 0 spiro atoms. The van der Waals surface area contributed by atoms with Crippen LogP contribution in [-0.2, 0) is 14.3 Å². The minimum absolute atomic E-state index is 0.0690. The highest BCUT2D eigenvalue weighted by molar-refractivity contribution is 8.00. The van der Waals surface area contributed by atoms with Crippen LogP contribution in [0.25, 0.3) is 0 Å². The summed E-state index contributed by atoms with van der Waals surface area (Å²) in [6, 6.07) is 7.05. The molecule has 1 heterocycles. The fraction of sp³-hybridized carbons (Fsp3) is 0.571. The third kappa shape index (κ3) is 6.86. The van der Waals surface area contributed by atoms with Crippen molar-refractivity contribution in [1.82, 2.24) is 10.2 Å². The van der Waals surface area contributed by atoms with Crippen LogP contribution in [0.15, 0.2) is 29.2 Å². The number of nitrogens with one attached hydrogen (secondary N) is 1. The summed E-state index contributed by atoms with van der Waals surface area (Å²) in [4.78, 5) is 39.2. The Morgan fingerprint density at radius 3 is 2.46 bits per heavy atom. The van der Waals surface area contributed by atoms with Crippen LogP contribution in [0.5, 0.6) is 0 Å². The first-order valence-corrected chi connectivity index (χ1v) is 10.7. The molecule has 1 N–H and O–H groups in total. The maximum Gasteiger partial charge on any atom is 0.339 e. The highest BCUT2D eigenvalue weighted by atomic mass is 32.2. The van der Waals surface area contributed by atoms with E-state index in [4.69, 9.17) is 4.74 Å². The lowest BCUT2D eigenvalue weighted by atomic mass is 9.92. The lowest BCUT2D eigenvalue weighted by Gasteiger charge is -2.34. The van der Waals surface area contributed by atoms with Crippen LogP contribution in [0.3, 0.4) is 0 Å². The molecule has 2 rings (SSSR count). The van der Waals surface area contributed by atoms with Gasteiger partial charge >= 0.3 is 5.97 Å². The van der Waals surface area contributed by atoms with Crippen molar-refractivity contribution < 1.29 is 19.1 Å². The van der Waals surface area contributed by atoms with Gasteiger partial charge in [0.15, 0.2) is 6.61 Å². The second-order valence-corrected chi connectivity index (χ2v) is 8.85. The molecule has 2 amide bonds. The molecule has 0 aliphatic carbocycles. The number of piperidine rings is 1. The van der Waals surface area contributed by atoms with Gasteiger partial charge in [0.05, 0.1) is 11.3 Å². The van der Waals surface area contributed by atoms with Crippen LogP contribution in [0.1, 0.15) is 44.5 Å². The van der Waals surface area contributed by atoms with Crippen molar-refractivity contribution in [3.05, 3.63) is 29.8 Å². The van der Waals surface area contributed by atoms with Crippen molar-refractivity contribution in [1.29, 1.82) is 0 Å². The van der Waals surface area contributed by atoms with Crippen molar-refractivity contribution in [3.63, 3.8) is 0 Å². The summed E-state index contributed by atoms with van der Waals surface area (Å²) < 4.78 is 5.28. The van der Waals surface area contributed by atoms with Gasteiger partial charge in [-0.1, -0.05) is 26.0 Å². The maximum absolute atomic E-state index is 12.5. The summed E-state index contributed by atoms with van der Waals surface area (Å²) in [6.07, 6.45) is 1.11. The van der Waals surface area contributed by atoms with Gasteiger partial charge < -0.3 is 15.0 Å². The number of ether oxygens (including phenoxy) is 1. The van der Waals surface area contributed by atoms with Crippen LogP contribution in [0.2, 0.25) is 0 Å². The first kappa shape index (κ1) is 22.3. The Morgan fingerprint density at radius 1 is 1.18 bits per heavy atom. The Bertz CT molecular complexity index is 697. The number of amides is 2. The molecule has 1 saturated heterocycles. The largest absolute Gasteiger partial charge is 0.452 e. The van der Waals surface area contributed by atoms with Gasteiger partial charge in [-0.2, -0.15) is 0 Å². The zero-order valence-electron chi connectivity index (χ0n) is 17.1. The molecule has 2 atom stereocenters. The SMILES string of the molecule is CC1CC(C)CN(C(=O)COC(=O)c2ccccc2SCC(=O)NC(C)C)C1. The van der Waals surface area contributed by atoms with Gasteiger partial charge in [-0.05, 0) is 44.2 Å². The smallest absolute Gasteiger partial charge is 0.339 e. The average Bonchev–Trinajstić information content (AvgIpc) is 2.63. The van der Waals surface area contributed by atoms with E-state index in [0.717, 1.165) is 6.42 Å². The van der Waals surface area contributed by atoms with E-state index in [2.05, 4.69) is 19.2 Å². The molecule has 28 heavy (non-hydrogen) atoms. The van der Waals surface area contributed by atoms with Crippen molar-refractivity contribution in [2.45, 2.75) is 45.1 Å². The number of rotatable bonds is 7. The standard InChI is InChI=1S/C21H30N2O4S/c1-14(2)22-19(24)13-28-18-8-6-5-7-17(18)21(26)27-12-20(25)23-10-15(3)9-16(4)11-23/h5-8,14-16H,9-13H2,1-4H3,(H,22,24). The van der Waals surface area contributed by atoms with E-state index in [-0.39, 0.29) is 30.2 Å². The van der Waals surface area contributed by atoms with Crippen molar-refractivity contribution in [3.8, 4) is 0 Å². The summed E-state index contributed by atoms with van der Waals surface area (Å²) in [6.45, 7) is 9.21. The number of hydrogen-bond acceptors (Lipinski definition) is 5. The van der Waals surface area contributed by atoms with Gasteiger partial charge in [0.25, 0.3) is 5.91 Å². The fourth-order valence-corrected chi connectivity index (χ4v) is 4.28. The summed E-state index contributed by atoms with van der Waals surface area (Å²) in [5.41, 5.74) is 0.373. The molecular weight excluding hydrogens is 376 g/mol. The summed E-state index contributed by atoms with van der Waals surface area (Å²) in [7, 11) is 0. The fourth-order valence-electron chi connectivity index (χ4n) is 3.43. The molecule has 1 aliphatic heterocycles. The van der Waals surface area contributed by atoms with Crippen LogP contribution < -0.4 is 5.32 Å². The molecule has 0 saturated carbocycles. The predicted molar refractivity (Wildman–Crippen MR) is 110 cm³/mol. The topological polar surface area (TPSA) is 75.7 Å². The predicted octanol–water partition coefficient (Wildman–Crippen LogP) is 2.96. The van der Waals surface area contributed by atoms with E-state index < -0.39 is 5.97 Å². The summed E-state index contributed by atoms with van der Waals surface area (Å²) >= 11 is 1.28. The first-order valence-electron chi connectivity index (χ1n) is 9.72.